The molecule has 102 valence electrons. The minimum Gasteiger partial charge on any atom is -0.325 e. The summed E-state index contributed by atoms with van der Waals surface area (Å²) >= 11 is 9.45. The Balaban J connectivity index is 2.22. The zero-order valence-corrected chi connectivity index (χ0v) is 13.4. The van der Waals surface area contributed by atoms with Crippen molar-refractivity contribution in [2.45, 2.75) is 33.2 Å². The van der Waals surface area contributed by atoms with Crippen LogP contribution in [0.1, 0.15) is 25.5 Å². The van der Waals surface area contributed by atoms with E-state index >= 15 is 0 Å². The fraction of sp³-hybridized carbons (Fsp3) is 0.357. The summed E-state index contributed by atoms with van der Waals surface area (Å²) in [7, 11) is 0. The normalized spacial score (nSPS) is 10.7. The van der Waals surface area contributed by atoms with Crippen molar-refractivity contribution < 1.29 is 0 Å². The third kappa shape index (κ3) is 3.74. The van der Waals surface area contributed by atoms with Gasteiger partial charge in [-0.3, -0.25) is 0 Å². The van der Waals surface area contributed by atoms with Crippen LogP contribution in [-0.4, -0.2) is 9.55 Å². The molecule has 0 aliphatic carbocycles. The maximum absolute atomic E-state index is 5.95. The molecular formula is C14H17BrClN3. The smallest absolute Gasteiger partial charge is 0.207 e. The number of aryl methyl sites for hydroxylation is 2. The van der Waals surface area contributed by atoms with E-state index in [0.29, 0.717) is 5.02 Å². The van der Waals surface area contributed by atoms with Crippen LogP contribution in [0.3, 0.4) is 0 Å². The molecule has 0 spiro atoms. The molecule has 0 aliphatic heterocycles. The molecule has 0 atom stereocenters. The van der Waals surface area contributed by atoms with Crippen LogP contribution in [-0.2, 0) is 6.54 Å². The van der Waals surface area contributed by atoms with Crippen molar-refractivity contribution in [3.8, 4) is 0 Å². The van der Waals surface area contributed by atoms with Crippen LogP contribution in [0, 0.1) is 6.92 Å². The molecule has 0 saturated carbocycles. The fourth-order valence-corrected chi connectivity index (χ4v) is 2.64. The van der Waals surface area contributed by atoms with E-state index in [1.165, 1.54) is 6.42 Å². The summed E-state index contributed by atoms with van der Waals surface area (Å²) < 4.78 is 3.09. The minimum atomic E-state index is 0.711. The van der Waals surface area contributed by atoms with Gasteiger partial charge in [0, 0.05) is 22.2 Å². The number of halogens is 2. The van der Waals surface area contributed by atoms with Crippen LogP contribution >= 0.6 is 27.5 Å². The van der Waals surface area contributed by atoms with Crippen molar-refractivity contribution in [2.24, 2.45) is 0 Å². The van der Waals surface area contributed by atoms with Gasteiger partial charge >= 0.3 is 0 Å². The topological polar surface area (TPSA) is 29.9 Å². The molecule has 0 unspecified atom stereocenters. The van der Waals surface area contributed by atoms with E-state index in [-0.39, 0.29) is 0 Å². The van der Waals surface area contributed by atoms with Gasteiger partial charge in [-0.1, -0.05) is 24.9 Å². The van der Waals surface area contributed by atoms with Crippen molar-refractivity contribution in [1.82, 2.24) is 9.55 Å². The standard InChI is InChI=1S/C14H17BrClN3/c1-3-4-7-19-9-10(2)17-14(19)18-13-6-5-11(16)8-12(13)15/h5-6,8-9H,3-4,7H2,1-2H3,(H,17,18). The zero-order valence-electron chi connectivity index (χ0n) is 11.1. The average molecular weight is 343 g/mol. The van der Waals surface area contributed by atoms with Gasteiger partial charge in [0.1, 0.15) is 0 Å². The van der Waals surface area contributed by atoms with Crippen LogP contribution in [0.2, 0.25) is 5.02 Å². The lowest BCUT2D eigenvalue weighted by atomic mass is 10.3. The highest BCUT2D eigenvalue weighted by atomic mass is 79.9. The number of imidazole rings is 1. The molecule has 3 nitrogen and oxygen atoms in total. The lowest BCUT2D eigenvalue weighted by Gasteiger charge is -2.10. The number of nitrogens with zero attached hydrogens (tertiary/aromatic N) is 2. The van der Waals surface area contributed by atoms with Gasteiger partial charge < -0.3 is 9.88 Å². The highest BCUT2D eigenvalue weighted by Gasteiger charge is 2.08. The van der Waals surface area contributed by atoms with Gasteiger partial charge in [0.15, 0.2) is 0 Å². The monoisotopic (exact) mass is 341 g/mol. The zero-order chi connectivity index (χ0) is 13.8. The fourth-order valence-electron chi connectivity index (χ4n) is 1.86. The lowest BCUT2D eigenvalue weighted by Crippen LogP contribution is -2.03. The third-order valence-corrected chi connectivity index (χ3v) is 3.72. The summed E-state index contributed by atoms with van der Waals surface area (Å²) in [5, 5.41) is 4.06. The van der Waals surface area contributed by atoms with Crippen LogP contribution in [0.5, 0.6) is 0 Å². The molecule has 1 aromatic carbocycles. The number of aromatic nitrogens is 2. The van der Waals surface area contributed by atoms with Crippen LogP contribution < -0.4 is 5.32 Å². The van der Waals surface area contributed by atoms with Crippen LogP contribution in [0.4, 0.5) is 11.6 Å². The van der Waals surface area contributed by atoms with Crippen LogP contribution in [0.25, 0.3) is 0 Å². The number of benzene rings is 1. The molecule has 0 bridgehead atoms. The van der Waals surface area contributed by atoms with Gasteiger partial charge in [0.2, 0.25) is 5.95 Å². The quantitative estimate of drug-likeness (QED) is 0.814. The molecule has 1 aromatic heterocycles. The van der Waals surface area contributed by atoms with Crippen molar-refractivity contribution >= 4 is 39.2 Å². The Morgan fingerprint density at radius 1 is 1.42 bits per heavy atom. The first-order chi connectivity index (χ1) is 9.10. The molecule has 19 heavy (non-hydrogen) atoms. The summed E-state index contributed by atoms with van der Waals surface area (Å²) in [6.45, 7) is 5.17. The molecule has 0 saturated heterocycles. The van der Waals surface area contributed by atoms with Gasteiger partial charge in [0.05, 0.1) is 11.4 Å². The van der Waals surface area contributed by atoms with E-state index in [9.17, 15) is 0 Å². The Bertz CT molecular complexity index is 566. The molecule has 2 aromatic rings. The van der Waals surface area contributed by atoms with E-state index in [1.54, 1.807) is 0 Å². The number of hydrogen-bond acceptors (Lipinski definition) is 2. The summed E-state index contributed by atoms with van der Waals surface area (Å²) in [5.41, 5.74) is 1.98. The number of unbranched alkanes of at least 4 members (excludes halogenated alkanes) is 1. The predicted molar refractivity (Wildman–Crippen MR) is 84.3 cm³/mol. The second-order valence-corrected chi connectivity index (χ2v) is 5.79. The second-order valence-electron chi connectivity index (χ2n) is 4.50. The Kier molecular flexibility index (Phi) is 4.88. The van der Waals surface area contributed by atoms with E-state index in [4.69, 9.17) is 11.6 Å². The highest BCUT2D eigenvalue weighted by molar-refractivity contribution is 9.10. The van der Waals surface area contributed by atoms with E-state index in [0.717, 1.165) is 34.8 Å². The van der Waals surface area contributed by atoms with Gasteiger partial charge in [-0.15, -0.1) is 0 Å². The molecule has 0 fully saturated rings. The molecular weight excluding hydrogens is 326 g/mol. The summed E-state index contributed by atoms with van der Waals surface area (Å²) in [4.78, 5) is 4.52. The van der Waals surface area contributed by atoms with Gasteiger partial charge in [-0.2, -0.15) is 0 Å². The molecule has 0 radical (unpaired) electrons. The Morgan fingerprint density at radius 2 is 2.21 bits per heavy atom. The number of rotatable bonds is 5. The first-order valence-electron chi connectivity index (χ1n) is 6.36. The molecule has 5 heteroatoms. The Morgan fingerprint density at radius 3 is 2.89 bits per heavy atom. The first kappa shape index (κ1) is 14.4. The van der Waals surface area contributed by atoms with Crippen molar-refractivity contribution in [3.05, 3.63) is 39.6 Å². The Labute approximate surface area is 127 Å². The highest BCUT2D eigenvalue weighted by Crippen LogP contribution is 2.28. The average Bonchev–Trinajstić information content (AvgIpc) is 2.70. The predicted octanol–water partition coefficient (Wildman–Crippen LogP) is 5.15. The van der Waals surface area contributed by atoms with Crippen LogP contribution in [0.15, 0.2) is 28.9 Å². The van der Waals surface area contributed by atoms with Crippen molar-refractivity contribution in [2.75, 3.05) is 5.32 Å². The van der Waals surface area contributed by atoms with Crippen molar-refractivity contribution in [3.63, 3.8) is 0 Å². The lowest BCUT2D eigenvalue weighted by molar-refractivity contribution is 0.637. The summed E-state index contributed by atoms with van der Waals surface area (Å²) in [5.74, 6) is 0.869. The van der Waals surface area contributed by atoms with E-state index < -0.39 is 0 Å². The number of hydrogen-bond donors (Lipinski definition) is 1. The van der Waals surface area contributed by atoms with Crippen molar-refractivity contribution in [1.29, 1.82) is 0 Å². The first-order valence-corrected chi connectivity index (χ1v) is 7.53. The summed E-state index contributed by atoms with van der Waals surface area (Å²) in [6, 6.07) is 5.68. The van der Waals surface area contributed by atoms with E-state index in [1.807, 2.05) is 25.1 Å². The minimum absolute atomic E-state index is 0.711. The van der Waals surface area contributed by atoms with E-state index in [2.05, 4.69) is 43.9 Å². The van der Waals surface area contributed by atoms with Gasteiger partial charge in [0.25, 0.3) is 0 Å². The molecule has 0 aliphatic rings. The molecule has 0 amide bonds. The molecule has 1 heterocycles. The number of nitrogens with one attached hydrogen (secondary N) is 1. The summed E-state index contributed by atoms with van der Waals surface area (Å²) in [6.07, 6.45) is 4.38. The third-order valence-electron chi connectivity index (χ3n) is 2.83. The Hall–Kier alpha value is -1.000. The molecule has 2 rings (SSSR count). The maximum atomic E-state index is 5.95. The number of anilines is 2. The largest absolute Gasteiger partial charge is 0.325 e. The SMILES string of the molecule is CCCCn1cc(C)nc1Nc1ccc(Cl)cc1Br. The maximum Gasteiger partial charge on any atom is 0.207 e. The molecule has 1 N–H and O–H groups in total. The second kappa shape index (κ2) is 6.44. The van der Waals surface area contributed by atoms with Gasteiger partial charge in [-0.25, -0.2) is 4.98 Å². The van der Waals surface area contributed by atoms with Gasteiger partial charge in [-0.05, 0) is 47.5 Å².